The van der Waals surface area contributed by atoms with Crippen molar-refractivity contribution >= 4 is 0 Å². The SMILES string of the molecule is CCCCCCCCOc1ccc(-c2ncc(-c3ccc(OCCCCCCC)cc3)cn2)nc1. The molecule has 0 amide bonds. The molecule has 5 heteroatoms. The zero-order chi connectivity index (χ0) is 24.6. The molecule has 0 saturated carbocycles. The molecule has 0 unspecified atom stereocenters. The minimum atomic E-state index is 0.610. The topological polar surface area (TPSA) is 57.1 Å². The highest BCUT2D eigenvalue weighted by molar-refractivity contribution is 5.63. The summed E-state index contributed by atoms with van der Waals surface area (Å²) >= 11 is 0. The number of nitrogens with zero attached hydrogens (tertiary/aromatic N) is 3. The van der Waals surface area contributed by atoms with Gasteiger partial charge in [-0.3, -0.25) is 0 Å². The molecular weight excluding hydrogens is 434 g/mol. The predicted octanol–water partition coefficient (Wildman–Crippen LogP) is 8.29. The third kappa shape index (κ3) is 9.67. The van der Waals surface area contributed by atoms with Gasteiger partial charge in [0.15, 0.2) is 5.82 Å². The van der Waals surface area contributed by atoms with Crippen LogP contribution in [0.3, 0.4) is 0 Å². The van der Waals surface area contributed by atoms with E-state index in [-0.39, 0.29) is 0 Å². The normalized spacial score (nSPS) is 10.9. The van der Waals surface area contributed by atoms with Gasteiger partial charge in [-0.2, -0.15) is 0 Å². The zero-order valence-corrected chi connectivity index (χ0v) is 21.5. The minimum absolute atomic E-state index is 0.610. The first-order chi connectivity index (χ1) is 17.3. The zero-order valence-electron chi connectivity index (χ0n) is 21.5. The summed E-state index contributed by atoms with van der Waals surface area (Å²) in [5.41, 5.74) is 2.78. The van der Waals surface area contributed by atoms with Gasteiger partial charge in [-0.15, -0.1) is 0 Å². The van der Waals surface area contributed by atoms with E-state index in [2.05, 4.69) is 40.9 Å². The number of pyridine rings is 1. The second-order valence-electron chi connectivity index (χ2n) is 9.08. The molecule has 0 aliphatic heterocycles. The molecule has 3 aromatic rings. The Bertz CT molecular complexity index is 941. The number of rotatable bonds is 17. The Kier molecular flexibility index (Phi) is 12.1. The smallest absolute Gasteiger partial charge is 0.178 e. The van der Waals surface area contributed by atoms with Crippen molar-refractivity contribution in [3.05, 3.63) is 55.0 Å². The van der Waals surface area contributed by atoms with Crippen LogP contribution >= 0.6 is 0 Å². The van der Waals surface area contributed by atoms with Gasteiger partial charge in [-0.05, 0) is 42.7 Å². The Labute approximate surface area is 211 Å². The van der Waals surface area contributed by atoms with E-state index < -0.39 is 0 Å². The standard InChI is InChI=1S/C30H41N3O2/c1-3-5-7-9-11-13-21-35-28-18-19-29(31-24-28)30-32-22-26(23-33-30)25-14-16-27(17-15-25)34-20-12-10-8-6-4-2/h14-19,22-24H,3-13,20-21H2,1-2H3. The highest BCUT2D eigenvalue weighted by Gasteiger charge is 2.06. The number of hydrogen-bond donors (Lipinski definition) is 0. The minimum Gasteiger partial charge on any atom is -0.494 e. The second-order valence-corrected chi connectivity index (χ2v) is 9.08. The maximum atomic E-state index is 5.86. The largest absolute Gasteiger partial charge is 0.494 e. The van der Waals surface area contributed by atoms with Crippen molar-refractivity contribution in [1.82, 2.24) is 15.0 Å². The van der Waals surface area contributed by atoms with Crippen LogP contribution in [0.4, 0.5) is 0 Å². The molecule has 0 bridgehead atoms. The van der Waals surface area contributed by atoms with E-state index >= 15 is 0 Å². The highest BCUT2D eigenvalue weighted by atomic mass is 16.5. The Morgan fingerprint density at radius 2 is 1.06 bits per heavy atom. The van der Waals surface area contributed by atoms with Gasteiger partial charge >= 0.3 is 0 Å². The lowest BCUT2D eigenvalue weighted by molar-refractivity contribution is 0.303. The van der Waals surface area contributed by atoms with Crippen molar-refractivity contribution in [3.8, 4) is 34.1 Å². The molecule has 0 aliphatic carbocycles. The summed E-state index contributed by atoms with van der Waals surface area (Å²) in [6.07, 6.45) is 19.2. The summed E-state index contributed by atoms with van der Waals surface area (Å²) in [7, 11) is 0. The van der Waals surface area contributed by atoms with Crippen LogP contribution < -0.4 is 9.47 Å². The van der Waals surface area contributed by atoms with Crippen molar-refractivity contribution < 1.29 is 9.47 Å². The molecule has 188 valence electrons. The van der Waals surface area contributed by atoms with Crippen LogP contribution in [-0.2, 0) is 0 Å². The summed E-state index contributed by atoms with van der Waals surface area (Å²) in [5.74, 6) is 2.31. The first-order valence-electron chi connectivity index (χ1n) is 13.4. The lowest BCUT2D eigenvalue weighted by atomic mass is 10.1. The van der Waals surface area contributed by atoms with E-state index in [0.717, 1.165) is 54.4 Å². The van der Waals surface area contributed by atoms with Gasteiger partial charge in [0, 0.05) is 18.0 Å². The van der Waals surface area contributed by atoms with Gasteiger partial charge in [-0.1, -0.05) is 83.8 Å². The van der Waals surface area contributed by atoms with Gasteiger partial charge < -0.3 is 9.47 Å². The number of aromatic nitrogens is 3. The van der Waals surface area contributed by atoms with Crippen LogP contribution in [0.2, 0.25) is 0 Å². The Morgan fingerprint density at radius 1 is 0.514 bits per heavy atom. The van der Waals surface area contributed by atoms with Crippen LogP contribution in [0.1, 0.15) is 84.5 Å². The number of unbranched alkanes of at least 4 members (excludes halogenated alkanes) is 9. The van der Waals surface area contributed by atoms with Crippen molar-refractivity contribution in [3.63, 3.8) is 0 Å². The molecule has 0 aliphatic rings. The van der Waals surface area contributed by atoms with E-state index in [1.165, 1.54) is 57.8 Å². The molecule has 1 aromatic carbocycles. The lowest BCUT2D eigenvalue weighted by Crippen LogP contribution is -1.98. The highest BCUT2D eigenvalue weighted by Crippen LogP contribution is 2.23. The summed E-state index contributed by atoms with van der Waals surface area (Å²) in [4.78, 5) is 13.5. The van der Waals surface area contributed by atoms with Gasteiger partial charge in [0.2, 0.25) is 0 Å². The van der Waals surface area contributed by atoms with E-state index in [4.69, 9.17) is 9.47 Å². The Morgan fingerprint density at radius 3 is 1.63 bits per heavy atom. The van der Waals surface area contributed by atoms with E-state index in [1.54, 1.807) is 6.20 Å². The molecule has 2 aromatic heterocycles. The quantitative estimate of drug-likeness (QED) is 0.184. The third-order valence-corrected chi connectivity index (χ3v) is 6.09. The van der Waals surface area contributed by atoms with Gasteiger partial charge in [-0.25, -0.2) is 15.0 Å². The van der Waals surface area contributed by atoms with Gasteiger partial charge in [0.25, 0.3) is 0 Å². The number of benzene rings is 1. The maximum Gasteiger partial charge on any atom is 0.178 e. The van der Waals surface area contributed by atoms with Crippen molar-refractivity contribution in [2.45, 2.75) is 84.5 Å². The first kappa shape index (κ1) is 26.7. The van der Waals surface area contributed by atoms with E-state index in [1.807, 2.05) is 36.7 Å². The first-order valence-corrected chi connectivity index (χ1v) is 13.4. The molecule has 0 atom stereocenters. The maximum absolute atomic E-state index is 5.86. The van der Waals surface area contributed by atoms with Gasteiger partial charge in [0.05, 0.1) is 19.4 Å². The molecular formula is C30H41N3O2. The monoisotopic (exact) mass is 475 g/mol. The second kappa shape index (κ2) is 15.9. The molecule has 2 heterocycles. The van der Waals surface area contributed by atoms with Crippen molar-refractivity contribution in [2.24, 2.45) is 0 Å². The van der Waals surface area contributed by atoms with E-state index in [9.17, 15) is 0 Å². The average Bonchev–Trinajstić information content (AvgIpc) is 2.91. The van der Waals surface area contributed by atoms with Crippen LogP contribution in [0, 0.1) is 0 Å². The number of ether oxygens (including phenoxy) is 2. The number of hydrogen-bond acceptors (Lipinski definition) is 5. The van der Waals surface area contributed by atoms with Crippen LogP contribution in [0.5, 0.6) is 11.5 Å². The molecule has 0 radical (unpaired) electrons. The van der Waals surface area contributed by atoms with Crippen LogP contribution in [0.15, 0.2) is 55.0 Å². The fourth-order valence-corrected chi connectivity index (χ4v) is 3.92. The molecule has 0 N–H and O–H groups in total. The summed E-state index contributed by atoms with van der Waals surface area (Å²) in [6, 6.07) is 12.0. The van der Waals surface area contributed by atoms with E-state index in [0.29, 0.717) is 5.82 Å². The van der Waals surface area contributed by atoms with Gasteiger partial charge in [0.1, 0.15) is 17.2 Å². The fraction of sp³-hybridized carbons (Fsp3) is 0.500. The summed E-state index contributed by atoms with van der Waals surface area (Å²) in [6.45, 7) is 5.99. The fourth-order valence-electron chi connectivity index (χ4n) is 3.92. The lowest BCUT2D eigenvalue weighted by Gasteiger charge is -2.08. The molecule has 35 heavy (non-hydrogen) atoms. The van der Waals surface area contributed by atoms with Crippen LogP contribution in [-0.4, -0.2) is 28.2 Å². The average molecular weight is 476 g/mol. The Hall–Kier alpha value is -2.95. The predicted molar refractivity (Wildman–Crippen MR) is 144 cm³/mol. The molecule has 0 spiro atoms. The molecule has 5 nitrogen and oxygen atoms in total. The molecule has 0 fully saturated rings. The van der Waals surface area contributed by atoms with Crippen molar-refractivity contribution in [2.75, 3.05) is 13.2 Å². The molecule has 0 saturated heterocycles. The van der Waals surface area contributed by atoms with Crippen LogP contribution in [0.25, 0.3) is 22.6 Å². The Balaban J connectivity index is 1.43. The van der Waals surface area contributed by atoms with Crippen molar-refractivity contribution in [1.29, 1.82) is 0 Å². The summed E-state index contributed by atoms with van der Waals surface area (Å²) < 4.78 is 11.7. The summed E-state index contributed by atoms with van der Waals surface area (Å²) in [5, 5.41) is 0. The third-order valence-electron chi connectivity index (χ3n) is 6.09. The molecule has 3 rings (SSSR count).